The summed E-state index contributed by atoms with van der Waals surface area (Å²) in [6.07, 6.45) is 4.16. The number of methoxy groups -OCH3 is 1. The van der Waals surface area contributed by atoms with E-state index in [0.717, 1.165) is 48.4 Å². The van der Waals surface area contributed by atoms with Gasteiger partial charge in [0.1, 0.15) is 11.6 Å². The lowest BCUT2D eigenvalue weighted by Crippen LogP contribution is -2.27. The van der Waals surface area contributed by atoms with Crippen molar-refractivity contribution >= 4 is 10.9 Å². The molecule has 18 heavy (non-hydrogen) atoms. The van der Waals surface area contributed by atoms with Gasteiger partial charge in [-0.15, -0.1) is 0 Å². The third-order valence-corrected chi connectivity index (χ3v) is 3.51. The zero-order chi connectivity index (χ0) is 12.4. The van der Waals surface area contributed by atoms with E-state index in [1.165, 1.54) is 0 Å². The molecule has 1 saturated heterocycles. The van der Waals surface area contributed by atoms with Crippen LogP contribution in [0.25, 0.3) is 10.9 Å². The topological polar surface area (TPSA) is 47.0 Å². The predicted octanol–water partition coefficient (Wildman–Crippen LogP) is 2.11. The molecule has 0 bridgehead atoms. The van der Waals surface area contributed by atoms with E-state index in [0.29, 0.717) is 5.92 Å². The van der Waals surface area contributed by atoms with Gasteiger partial charge in [0.2, 0.25) is 0 Å². The van der Waals surface area contributed by atoms with Crippen LogP contribution in [0.5, 0.6) is 5.75 Å². The molecular formula is C14H17N3O. The normalized spacial score (nSPS) is 16.9. The summed E-state index contributed by atoms with van der Waals surface area (Å²) in [6.45, 7) is 2.12. The monoisotopic (exact) mass is 243 g/mol. The maximum atomic E-state index is 5.24. The Bertz CT molecular complexity index is 550. The zero-order valence-electron chi connectivity index (χ0n) is 10.5. The molecule has 0 atom stereocenters. The number of nitrogens with zero attached hydrogens (tertiary/aromatic N) is 2. The van der Waals surface area contributed by atoms with Crippen LogP contribution < -0.4 is 10.1 Å². The van der Waals surface area contributed by atoms with Crippen LogP contribution in [0.2, 0.25) is 0 Å². The van der Waals surface area contributed by atoms with Gasteiger partial charge in [0, 0.05) is 23.6 Å². The lowest BCUT2D eigenvalue weighted by molar-refractivity contribution is 0.415. The number of fused-ring (bicyclic) bond motifs is 1. The molecule has 3 rings (SSSR count). The number of piperidine rings is 1. The van der Waals surface area contributed by atoms with Gasteiger partial charge in [-0.1, -0.05) is 0 Å². The van der Waals surface area contributed by atoms with Crippen LogP contribution in [0.1, 0.15) is 24.6 Å². The van der Waals surface area contributed by atoms with Crippen molar-refractivity contribution in [1.82, 2.24) is 15.3 Å². The van der Waals surface area contributed by atoms with Crippen LogP contribution in [-0.2, 0) is 0 Å². The summed E-state index contributed by atoms with van der Waals surface area (Å²) in [5.41, 5.74) is 0.970. The highest BCUT2D eigenvalue weighted by atomic mass is 16.5. The molecule has 0 spiro atoms. The average molecular weight is 243 g/mol. The second kappa shape index (κ2) is 4.90. The number of rotatable bonds is 2. The maximum absolute atomic E-state index is 5.24. The number of hydrogen-bond acceptors (Lipinski definition) is 4. The Morgan fingerprint density at radius 2 is 2.11 bits per heavy atom. The van der Waals surface area contributed by atoms with Crippen molar-refractivity contribution < 1.29 is 4.74 Å². The minimum Gasteiger partial charge on any atom is -0.497 e. The smallest absolute Gasteiger partial charge is 0.132 e. The molecule has 0 amide bonds. The van der Waals surface area contributed by atoms with Gasteiger partial charge in [0.05, 0.1) is 12.6 Å². The summed E-state index contributed by atoms with van der Waals surface area (Å²) >= 11 is 0. The van der Waals surface area contributed by atoms with E-state index in [1.807, 2.05) is 24.4 Å². The molecular weight excluding hydrogens is 226 g/mol. The summed E-state index contributed by atoms with van der Waals surface area (Å²) in [5.74, 6) is 2.30. The quantitative estimate of drug-likeness (QED) is 0.877. The Morgan fingerprint density at radius 1 is 1.28 bits per heavy atom. The first-order valence-electron chi connectivity index (χ1n) is 6.38. The minimum atomic E-state index is 0.488. The highest BCUT2D eigenvalue weighted by Crippen LogP contribution is 2.25. The van der Waals surface area contributed by atoms with Crippen LogP contribution in [0.3, 0.4) is 0 Å². The van der Waals surface area contributed by atoms with Crippen molar-refractivity contribution in [3.8, 4) is 5.75 Å². The van der Waals surface area contributed by atoms with Crippen molar-refractivity contribution in [3.63, 3.8) is 0 Å². The van der Waals surface area contributed by atoms with Crippen molar-refractivity contribution in [2.24, 2.45) is 0 Å². The fourth-order valence-electron chi connectivity index (χ4n) is 2.42. The Morgan fingerprint density at radius 3 is 2.89 bits per heavy atom. The van der Waals surface area contributed by atoms with E-state index in [4.69, 9.17) is 4.74 Å². The summed E-state index contributed by atoms with van der Waals surface area (Å²) in [5, 5.41) is 4.43. The molecule has 4 nitrogen and oxygen atoms in total. The van der Waals surface area contributed by atoms with Gasteiger partial charge in [-0.2, -0.15) is 0 Å². The molecule has 0 radical (unpaired) electrons. The highest BCUT2D eigenvalue weighted by Gasteiger charge is 2.17. The zero-order valence-corrected chi connectivity index (χ0v) is 10.5. The fraction of sp³-hybridized carbons (Fsp3) is 0.429. The fourth-order valence-corrected chi connectivity index (χ4v) is 2.42. The number of nitrogens with one attached hydrogen (secondary N) is 1. The van der Waals surface area contributed by atoms with Gasteiger partial charge < -0.3 is 10.1 Å². The number of benzene rings is 1. The third kappa shape index (κ3) is 2.16. The Hall–Kier alpha value is -1.68. The predicted molar refractivity (Wildman–Crippen MR) is 70.9 cm³/mol. The van der Waals surface area contributed by atoms with Crippen LogP contribution in [0.4, 0.5) is 0 Å². The van der Waals surface area contributed by atoms with E-state index in [9.17, 15) is 0 Å². The molecule has 1 aliphatic rings. The lowest BCUT2D eigenvalue weighted by Gasteiger charge is -2.21. The SMILES string of the molecule is COc1ccc2cnc(C3CCNCC3)nc2c1. The van der Waals surface area contributed by atoms with Crippen LogP contribution in [-0.4, -0.2) is 30.2 Å². The summed E-state index contributed by atoms with van der Waals surface area (Å²) < 4.78 is 5.24. The van der Waals surface area contributed by atoms with Gasteiger partial charge in [-0.3, -0.25) is 0 Å². The van der Waals surface area contributed by atoms with E-state index in [-0.39, 0.29) is 0 Å². The second-order valence-corrected chi connectivity index (χ2v) is 4.68. The van der Waals surface area contributed by atoms with Crippen molar-refractivity contribution in [2.45, 2.75) is 18.8 Å². The first-order valence-corrected chi connectivity index (χ1v) is 6.38. The largest absolute Gasteiger partial charge is 0.497 e. The lowest BCUT2D eigenvalue weighted by atomic mass is 9.97. The highest BCUT2D eigenvalue weighted by molar-refractivity contribution is 5.79. The Labute approximate surface area is 106 Å². The molecule has 1 aromatic heterocycles. The molecule has 4 heteroatoms. The summed E-state index contributed by atoms with van der Waals surface area (Å²) in [6, 6.07) is 5.91. The second-order valence-electron chi connectivity index (χ2n) is 4.68. The van der Waals surface area contributed by atoms with Crippen LogP contribution >= 0.6 is 0 Å². The molecule has 1 aromatic carbocycles. The van der Waals surface area contributed by atoms with Crippen LogP contribution in [0, 0.1) is 0 Å². The molecule has 2 aromatic rings. The maximum Gasteiger partial charge on any atom is 0.132 e. The van der Waals surface area contributed by atoms with Gasteiger partial charge in [0.15, 0.2) is 0 Å². The van der Waals surface area contributed by atoms with Crippen molar-refractivity contribution in [3.05, 3.63) is 30.2 Å². The third-order valence-electron chi connectivity index (χ3n) is 3.51. The molecule has 1 aliphatic heterocycles. The molecule has 94 valence electrons. The standard InChI is InChI=1S/C14H17N3O/c1-18-12-3-2-11-9-16-14(17-13(11)8-12)10-4-6-15-7-5-10/h2-3,8-10,15H,4-7H2,1H3. The Balaban J connectivity index is 1.97. The van der Waals surface area contributed by atoms with Crippen molar-refractivity contribution in [1.29, 1.82) is 0 Å². The first kappa shape index (κ1) is 11.4. The average Bonchev–Trinajstić information content (AvgIpc) is 2.47. The molecule has 2 heterocycles. The van der Waals surface area contributed by atoms with E-state index < -0.39 is 0 Å². The first-order chi connectivity index (χ1) is 8.86. The summed E-state index contributed by atoms with van der Waals surface area (Å²) in [7, 11) is 1.68. The number of aromatic nitrogens is 2. The van der Waals surface area contributed by atoms with E-state index in [2.05, 4.69) is 15.3 Å². The molecule has 0 saturated carbocycles. The van der Waals surface area contributed by atoms with Gasteiger partial charge >= 0.3 is 0 Å². The number of hydrogen-bond donors (Lipinski definition) is 1. The molecule has 0 aliphatic carbocycles. The van der Waals surface area contributed by atoms with E-state index >= 15 is 0 Å². The van der Waals surface area contributed by atoms with E-state index in [1.54, 1.807) is 7.11 Å². The molecule has 1 N–H and O–H groups in total. The summed E-state index contributed by atoms with van der Waals surface area (Å²) in [4.78, 5) is 9.19. The molecule has 1 fully saturated rings. The van der Waals surface area contributed by atoms with Gasteiger partial charge in [0.25, 0.3) is 0 Å². The molecule has 0 unspecified atom stereocenters. The number of ether oxygens (including phenoxy) is 1. The van der Waals surface area contributed by atoms with Crippen molar-refractivity contribution in [2.75, 3.05) is 20.2 Å². The van der Waals surface area contributed by atoms with Crippen LogP contribution in [0.15, 0.2) is 24.4 Å². The van der Waals surface area contributed by atoms with Gasteiger partial charge in [-0.25, -0.2) is 9.97 Å². The minimum absolute atomic E-state index is 0.488. The van der Waals surface area contributed by atoms with Gasteiger partial charge in [-0.05, 0) is 38.1 Å². The Kier molecular flexibility index (Phi) is 3.11.